The normalized spacial score (nSPS) is 58.0. The smallest absolute Gasteiger partial charge is 0.186 e. The number of aliphatic hydroxyl groups excluding tert-OH is 6. The fraction of sp³-hybridized carbons (Fsp3) is 0.879. The van der Waals surface area contributed by atoms with Crippen LogP contribution < -0.4 is 0 Å². The van der Waals surface area contributed by atoms with Gasteiger partial charge in [0.2, 0.25) is 0 Å². The molecule has 1 spiro atoms. The summed E-state index contributed by atoms with van der Waals surface area (Å²) in [4.78, 5) is 0. The second-order valence-corrected chi connectivity index (χ2v) is 15.3. The van der Waals surface area contributed by atoms with E-state index in [2.05, 4.69) is 33.4 Å². The quantitative estimate of drug-likeness (QED) is 0.260. The number of rotatable bonds is 3. The molecule has 0 radical (unpaired) electrons. The van der Waals surface area contributed by atoms with Crippen LogP contribution in [0.5, 0.6) is 0 Å². The predicted octanol–water partition coefficient (Wildman–Crippen LogP) is 1.40. The van der Waals surface area contributed by atoms with Gasteiger partial charge >= 0.3 is 0 Å². The van der Waals surface area contributed by atoms with Gasteiger partial charge in [0.1, 0.15) is 24.4 Å². The van der Waals surface area contributed by atoms with Crippen molar-refractivity contribution in [3.63, 3.8) is 0 Å². The maximum absolute atomic E-state index is 11.8. The van der Waals surface area contributed by atoms with Crippen molar-refractivity contribution < 1.29 is 49.6 Å². The summed E-state index contributed by atoms with van der Waals surface area (Å²) >= 11 is 0. The monoisotopic (exact) mass is 606 g/mol. The van der Waals surface area contributed by atoms with E-state index >= 15 is 0 Å². The number of ether oxygens (including phenoxy) is 4. The van der Waals surface area contributed by atoms with Crippen molar-refractivity contribution in [2.45, 2.75) is 127 Å². The summed E-state index contributed by atoms with van der Waals surface area (Å²) < 4.78 is 24.8. The third-order valence-electron chi connectivity index (χ3n) is 13.5. The number of fused-ring (bicyclic) bond motifs is 7. The highest BCUT2D eigenvalue weighted by molar-refractivity contribution is 5.28. The van der Waals surface area contributed by atoms with Crippen LogP contribution in [0.3, 0.4) is 0 Å². The molecular weight excluding hydrogens is 556 g/mol. The van der Waals surface area contributed by atoms with Crippen LogP contribution in [0, 0.1) is 40.4 Å². The standard InChI is InChI=1S/C33H50O10/c1-15-14-40-33(12-22(15)35)16(2)26-23(43-33)11-21-19-6-5-17-9-18(41-30-29(39)28(38)27(37)24(13-34)42-30)10-25(36)32(17,4)20(19)7-8-31(21,26)3/h5,16,18-30,34-39H,1,6-14H2,2-4H3/t16-,18-,19+,20-,21-,22-,23-,24+,25+,26-,27+,28-,29+,30+,31-,32-,33+/m0/s1. The Labute approximate surface area is 253 Å². The van der Waals surface area contributed by atoms with Gasteiger partial charge in [0.25, 0.3) is 0 Å². The molecule has 3 aliphatic heterocycles. The van der Waals surface area contributed by atoms with E-state index in [4.69, 9.17) is 18.9 Å². The van der Waals surface area contributed by atoms with Crippen molar-refractivity contribution in [3.8, 4) is 0 Å². The van der Waals surface area contributed by atoms with Gasteiger partial charge in [0.15, 0.2) is 12.1 Å². The van der Waals surface area contributed by atoms with Crippen molar-refractivity contribution in [2.75, 3.05) is 13.2 Å². The minimum Gasteiger partial charge on any atom is -0.394 e. The molecule has 7 rings (SSSR count). The summed E-state index contributed by atoms with van der Waals surface area (Å²) in [5.74, 6) is 0.991. The van der Waals surface area contributed by atoms with E-state index in [9.17, 15) is 30.6 Å². The van der Waals surface area contributed by atoms with Crippen molar-refractivity contribution in [1.82, 2.24) is 0 Å². The van der Waals surface area contributed by atoms with E-state index in [1.54, 1.807) is 0 Å². The number of allylic oxidation sites excluding steroid dienone is 1. The second kappa shape index (κ2) is 10.6. The second-order valence-electron chi connectivity index (χ2n) is 15.3. The minimum atomic E-state index is -1.50. The van der Waals surface area contributed by atoms with Crippen molar-refractivity contribution in [2.24, 2.45) is 40.4 Å². The molecule has 0 bridgehead atoms. The molecular formula is C33H50O10. The molecule has 10 nitrogen and oxygen atoms in total. The third-order valence-corrected chi connectivity index (χ3v) is 13.5. The summed E-state index contributed by atoms with van der Waals surface area (Å²) in [6, 6.07) is 0. The number of hydrogen-bond acceptors (Lipinski definition) is 10. The maximum atomic E-state index is 11.8. The number of aliphatic hydroxyl groups is 6. The van der Waals surface area contributed by atoms with E-state index in [0.29, 0.717) is 55.1 Å². The lowest BCUT2D eigenvalue weighted by molar-refractivity contribution is -0.315. The zero-order chi connectivity index (χ0) is 30.6. The molecule has 0 aromatic carbocycles. The molecule has 4 aliphatic carbocycles. The van der Waals surface area contributed by atoms with Crippen LogP contribution >= 0.6 is 0 Å². The molecule has 7 aliphatic rings. The fourth-order valence-corrected chi connectivity index (χ4v) is 11.0. The van der Waals surface area contributed by atoms with Gasteiger partial charge in [0, 0.05) is 24.2 Å². The summed E-state index contributed by atoms with van der Waals surface area (Å²) in [5, 5.41) is 62.8. The highest BCUT2D eigenvalue weighted by Crippen LogP contribution is 2.70. The lowest BCUT2D eigenvalue weighted by atomic mass is 9.46. The first-order chi connectivity index (χ1) is 20.3. The molecule has 6 N–H and O–H groups in total. The molecule has 242 valence electrons. The zero-order valence-corrected chi connectivity index (χ0v) is 25.5. The van der Waals surface area contributed by atoms with Crippen LogP contribution in [0.1, 0.15) is 65.7 Å². The minimum absolute atomic E-state index is 0.0908. The molecule has 0 aromatic heterocycles. The fourth-order valence-electron chi connectivity index (χ4n) is 11.0. The van der Waals surface area contributed by atoms with E-state index in [1.807, 2.05) is 0 Å². The Morgan fingerprint density at radius 1 is 1.05 bits per heavy atom. The van der Waals surface area contributed by atoms with E-state index < -0.39 is 61.4 Å². The Morgan fingerprint density at radius 2 is 1.81 bits per heavy atom. The zero-order valence-electron chi connectivity index (χ0n) is 25.5. The molecule has 3 saturated carbocycles. The third kappa shape index (κ3) is 4.35. The van der Waals surface area contributed by atoms with E-state index in [0.717, 1.165) is 25.7 Å². The van der Waals surface area contributed by atoms with Gasteiger partial charge in [-0.25, -0.2) is 0 Å². The highest BCUT2D eigenvalue weighted by Gasteiger charge is 2.69. The Bertz CT molecular complexity index is 1140. The Hall–Kier alpha value is -0.920. The highest BCUT2D eigenvalue weighted by atomic mass is 16.7. The summed E-state index contributed by atoms with van der Waals surface area (Å²) in [6.07, 6.45) is -0.548. The molecule has 43 heavy (non-hydrogen) atoms. The van der Waals surface area contributed by atoms with Crippen molar-refractivity contribution >= 4 is 0 Å². The molecule has 6 fully saturated rings. The van der Waals surface area contributed by atoms with Crippen LogP contribution in [0.4, 0.5) is 0 Å². The first-order valence-corrected chi connectivity index (χ1v) is 16.3. The van der Waals surface area contributed by atoms with Crippen LogP contribution in [0.2, 0.25) is 0 Å². The van der Waals surface area contributed by atoms with Gasteiger partial charge in [-0.15, -0.1) is 0 Å². The van der Waals surface area contributed by atoms with Crippen LogP contribution in [-0.4, -0.2) is 105 Å². The van der Waals surface area contributed by atoms with Crippen LogP contribution in [-0.2, 0) is 18.9 Å². The molecule has 0 amide bonds. The maximum Gasteiger partial charge on any atom is 0.186 e. The summed E-state index contributed by atoms with van der Waals surface area (Å²) in [5.41, 5.74) is 1.60. The molecule has 17 atom stereocenters. The van der Waals surface area contributed by atoms with Crippen LogP contribution in [0.25, 0.3) is 0 Å². The first kappa shape index (κ1) is 30.7. The first-order valence-electron chi connectivity index (χ1n) is 16.3. The van der Waals surface area contributed by atoms with E-state index in [1.165, 1.54) is 5.57 Å². The average Bonchev–Trinajstić information content (AvgIpc) is 3.41. The van der Waals surface area contributed by atoms with Gasteiger partial charge in [-0.3, -0.25) is 0 Å². The lowest BCUT2D eigenvalue weighted by Gasteiger charge is -2.60. The van der Waals surface area contributed by atoms with Gasteiger partial charge in [0.05, 0.1) is 37.6 Å². The summed E-state index contributed by atoms with van der Waals surface area (Å²) in [6.45, 7) is 10.7. The summed E-state index contributed by atoms with van der Waals surface area (Å²) in [7, 11) is 0. The molecule has 10 heteroatoms. The van der Waals surface area contributed by atoms with Crippen molar-refractivity contribution in [1.29, 1.82) is 0 Å². The largest absolute Gasteiger partial charge is 0.394 e. The lowest BCUT2D eigenvalue weighted by Crippen LogP contribution is -2.60. The van der Waals surface area contributed by atoms with Crippen LogP contribution in [0.15, 0.2) is 23.8 Å². The average molecular weight is 607 g/mol. The molecule has 0 unspecified atom stereocenters. The van der Waals surface area contributed by atoms with E-state index in [-0.39, 0.29) is 22.9 Å². The van der Waals surface area contributed by atoms with Gasteiger partial charge in [-0.2, -0.15) is 0 Å². The Balaban J connectivity index is 1.08. The number of hydrogen-bond donors (Lipinski definition) is 6. The van der Waals surface area contributed by atoms with Gasteiger partial charge in [-0.1, -0.05) is 39.0 Å². The SMILES string of the molecule is C=C1CO[C@]2(C[C@@H]1O)O[C@H]1C[C@H]3[C@@H]4CC=C5C[C@H](O[C@@H]6O[C@H](CO)[C@@H](O)[C@H](O)[C@H]6O)C[C@@H](O)[C@]5(C)[C@H]4CC[C@]3(C)[C@H]1[C@@H]2C. The molecule has 3 saturated heterocycles. The topological polar surface area (TPSA) is 158 Å². The Kier molecular flexibility index (Phi) is 7.54. The predicted molar refractivity (Wildman–Crippen MR) is 153 cm³/mol. The van der Waals surface area contributed by atoms with Gasteiger partial charge < -0.3 is 49.6 Å². The molecule has 3 heterocycles. The van der Waals surface area contributed by atoms with Gasteiger partial charge in [-0.05, 0) is 66.8 Å². The van der Waals surface area contributed by atoms with Crippen molar-refractivity contribution in [3.05, 3.63) is 23.8 Å². The molecule has 0 aromatic rings. The Morgan fingerprint density at radius 3 is 2.53 bits per heavy atom.